The Bertz CT molecular complexity index is 929. The number of carbonyl (C=O) groups excluding carboxylic acids is 2. The lowest BCUT2D eigenvalue weighted by Gasteiger charge is -2.18. The molecule has 0 bridgehead atoms. The number of hydrogen-bond acceptors (Lipinski definition) is 4. The van der Waals surface area contributed by atoms with Crippen molar-refractivity contribution in [1.29, 1.82) is 0 Å². The molecule has 7 heteroatoms. The van der Waals surface area contributed by atoms with Crippen LogP contribution in [-0.2, 0) is 11.2 Å². The van der Waals surface area contributed by atoms with Crippen molar-refractivity contribution < 1.29 is 19.1 Å². The van der Waals surface area contributed by atoms with Crippen molar-refractivity contribution in [2.24, 2.45) is 0 Å². The lowest BCUT2D eigenvalue weighted by molar-refractivity contribution is -0.117. The monoisotopic (exact) mass is 411 g/mol. The van der Waals surface area contributed by atoms with E-state index < -0.39 is 0 Å². The maximum atomic E-state index is 12.4. The third kappa shape index (κ3) is 5.03. The fraction of sp³-hybridized carbons (Fsp3) is 0.391. The second kappa shape index (κ2) is 9.52. The molecule has 1 saturated heterocycles. The molecule has 1 aliphatic rings. The molecular formula is C23H29N3O4. The van der Waals surface area contributed by atoms with Crippen LogP contribution in [0.4, 0.5) is 10.5 Å². The summed E-state index contributed by atoms with van der Waals surface area (Å²) in [6, 6.07) is 11.2. The number of methoxy groups -OCH3 is 2. The highest BCUT2D eigenvalue weighted by Gasteiger charge is 2.31. The van der Waals surface area contributed by atoms with Gasteiger partial charge in [-0.15, -0.1) is 0 Å². The van der Waals surface area contributed by atoms with Crippen molar-refractivity contribution in [1.82, 2.24) is 10.6 Å². The highest BCUT2D eigenvalue weighted by molar-refractivity contribution is 5.96. The molecule has 0 saturated carbocycles. The molecule has 0 spiro atoms. The van der Waals surface area contributed by atoms with Crippen molar-refractivity contribution >= 4 is 17.6 Å². The minimum absolute atomic E-state index is 0.0221. The molecule has 1 atom stereocenters. The van der Waals surface area contributed by atoms with E-state index in [9.17, 15) is 9.59 Å². The molecule has 0 aromatic heterocycles. The normalized spacial score (nSPS) is 15.8. The van der Waals surface area contributed by atoms with Gasteiger partial charge in [0.15, 0.2) is 11.5 Å². The van der Waals surface area contributed by atoms with E-state index in [-0.39, 0.29) is 18.0 Å². The summed E-state index contributed by atoms with van der Waals surface area (Å²) in [6.45, 7) is 5.02. The van der Waals surface area contributed by atoms with Crippen molar-refractivity contribution in [2.45, 2.75) is 32.7 Å². The SMILES string of the molecule is COc1ccc(CCNC(=O)NC2CC(=O)N(c3ccc(C)c(C)c3)C2)cc1OC. The molecule has 2 N–H and O–H groups in total. The van der Waals surface area contributed by atoms with E-state index in [1.54, 1.807) is 19.1 Å². The van der Waals surface area contributed by atoms with Gasteiger partial charge >= 0.3 is 6.03 Å². The summed E-state index contributed by atoms with van der Waals surface area (Å²) in [5, 5.41) is 5.76. The maximum absolute atomic E-state index is 12.4. The average molecular weight is 412 g/mol. The first kappa shape index (κ1) is 21.5. The van der Waals surface area contributed by atoms with Crippen LogP contribution in [0.2, 0.25) is 0 Å². The molecule has 2 aromatic rings. The fourth-order valence-electron chi connectivity index (χ4n) is 3.54. The first-order chi connectivity index (χ1) is 14.4. The minimum Gasteiger partial charge on any atom is -0.493 e. The number of aryl methyl sites for hydroxylation is 2. The summed E-state index contributed by atoms with van der Waals surface area (Å²) >= 11 is 0. The first-order valence-corrected chi connectivity index (χ1v) is 10.0. The van der Waals surface area contributed by atoms with Gasteiger partial charge in [-0.1, -0.05) is 12.1 Å². The van der Waals surface area contributed by atoms with E-state index in [0.717, 1.165) is 16.8 Å². The van der Waals surface area contributed by atoms with Crippen molar-refractivity contribution in [2.75, 3.05) is 32.2 Å². The Morgan fingerprint density at radius 3 is 2.53 bits per heavy atom. The lowest BCUT2D eigenvalue weighted by atomic mass is 10.1. The van der Waals surface area contributed by atoms with Gasteiger partial charge in [0.05, 0.1) is 20.3 Å². The number of hydrogen-bond donors (Lipinski definition) is 2. The number of rotatable bonds is 7. The molecule has 1 unspecified atom stereocenters. The van der Waals surface area contributed by atoms with Crippen LogP contribution in [0.15, 0.2) is 36.4 Å². The maximum Gasteiger partial charge on any atom is 0.315 e. The average Bonchev–Trinajstić information content (AvgIpc) is 3.09. The third-order valence-electron chi connectivity index (χ3n) is 5.41. The molecular weight excluding hydrogens is 382 g/mol. The number of amides is 3. The molecule has 1 fully saturated rings. The van der Waals surface area contributed by atoms with E-state index in [2.05, 4.69) is 10.6 Å². The number of benzene rings is 2. The van der Waals surface area contributed by atoms with Gasteiger partial charge in [0, 0.05) is 25.2 Å². The number of anilines is 1. The molecule has 30 heavy (non-hydrogen) atoms. The summed E-state index contributed by atoms with van der Waals surface area (Å²) in [4.78, 5) is 26.4. The van der Waals surface area contributed by atoms with Gasteiger partial charge in [-0.05, 0) is 61.2 Å². The second-order valence-corrected chi connectivity index (χ2v) is 7.51. The van der Waals surface area contributed by atoms with Crippen LogP contribution in [0, 0.1) is 13.8 Å². The summed E-state index contributed by atoms with van der Waals surface area (Å²) in [5.41, 5.74) is 4.24. The molecule has 1 aliphatic heterocycles. The molecule has 1 heterocycles. The largest absolute Gasteiger partial charge is 0.493 e. The zero-order valence-corrected chi connectivity index (χ0v) is 18.0. The van der Waals surface area contributed by atoms with Crippen molar-refractivity contribution in [3.8, 4) is 11.5 Å². The van der Waals surface area contributed by atoms with Gasteiger partial charge in [0.2, 0.25) is 5.91 Å². The zero-order valence-electron chi connectivity index (χ0n) is 18.0. The Kier molecular flexibility index (Phi) is 6.82. The summed E-state index contributed by atoms with van der Waals surface area (Å²) in [7, 11) is 3.19. The van der Waals surface area contributed by atoms with E-state index >= 15 is 0 Å². The Morgan fingerprint density at radius 2 is 1.83 bits per heavy atom. The third-order valence-corrected chi connectivity index (χ3v) is 5.41. The van der Waals surface area contributed by atoms with Gasteiger partial charge in [-0.3, -0.25) is 4.79 Å². The number of nitrogens with zero attached hydrogens (tertiary/aromatic N) is 1. The minimum atomic E-state index is -0.268. The van der Waals surface area contributed by atoms with Gasteiger partial charge in [-0.2, -0.15) is 0 Å². The van der Waals surface area contributed by atoms with E-state index in [4.69, 9.17) is 9.47 Å². The van der Waals surface area contributed by atoms with E-state index in [0.29, 0.717) is 37.4 Å². The van der Waals surface area contributed by atoms with Gasteiger partial charge in [-0.25, -0.2) is 4.79 Å². The first-order valence-electron chi connectivity index (χ1n) is 10.0. The van der Waals surface area contributed by atoms with Crippen LogP contribution in [0.5, 0.6) is 11.5 Å². The summed E-state index contributed by atoms with van der Waals surface area (Å²) in [5.74, 6) is 1.36. The van der Waals surface area contributed by atoms with Gasteiger partial charge < -0.3 is 25.0 Å². The molecule has 2 aromatic carbocycles. The highest BCUT2D eigenvalue weighted by atomic mass is 16.5. The predicted molar refractivity (Wildman–Crippen MR) is 116 cm³/mol. The van der Waals surface area contributed by atoms with Gasteiger partial charge in [0.25, 0.3) is 0 Å². The van der Waals surface area contributed by atoms with Crippen molar-refractivity contribution in [3.05, 3.63) is 53.1 Å². The number of ether oxygens (including phenoxy) is 2. The second-order valence-electron chi connectivity index (χ2n) is 7.51. The van der Waals surface area contributed by atoms with Gasteiger partial charge in [0.1, 0.15) is 0 Å². The van der Waals surface area contributed by atoms with Crippen LogP contribution < -0.4 is 25.0 Å². The van der Waals surface area contributed by atoms with Crippen molar-refractivity contribution in [3.63, 3.8) is 0 Å². The number of urea groups is 1. The van der Waals surface area contributed by atoms with E-state index in [1.165, 1.54) is 5.56 Å². The van der Waals surface area contributed by atoms with Crippen LogP contribution in [0.3, 0.4) is 0 Å². The quantitative estimate of drug-likeness (QED) is 0.734. The lowest BCUT2D eigenvalue weighted by Crippen LogP contribution is -2.43. The highest BCUT2D eigenvalue weighted by Crippen LogP contribution is 2.27. The van der Waals surface area contributed by atoms with Crippen LogP contribution in [0.1, 0.15) is 23.1 Å². The molecule has 0 radical (unpaired) electrons. The Balaban J connectivity index is 1.48. The van der Waals surface area contributed by atoms with Crippen LogP contribution in [-0.4, -0.2) is 45.3 Å². The molecule has 3 rings (SSSR count). The molecule has 0 aliphatic carbocycles. The predicted octanol–water partition coefficient (Wildman–Crippen LogP) is 2.97. The van der Waals surface area contributed by atoms with Crippen LogP contribution in [0.25, 0.3) is 0 Å². The number of carbonyl (C=O) groups is 2. The Hall–Kier alpha value is -3.22. The van der Waals surface area contributed by atoms with E-state index in [1.807, 2.05) is 50.2 Å². The topological polar surface area (TPSA) is 79.9 Å². The Morgan fingerprint density at radius 1 is 1.07 bits per heavy atom. The number of nitrogens with one attached hydrogen (secondary N) is 2. The summed E-state index contributed by atoms with van der Waals surface area (Å²) in [6.07, 6.45) is 0.960. The standard InChI is InChI=1S/C23H29N3O4/c1-15-5-7-19(11-16(15)2)26-14-18(13-22(26)27)25-23(28)24-10-9-17-6-8-20(29-3)21(12-17)30-4/h5-8,11-12,18H,9-10,13-14H2,1-4H3,(H2,24,25,28). The van der Waals surface area contributed by atoms with Crippen LogP contribution >= 0.6 is 0 Å². The molecule has 3 amide bonds. The molecule has 7 nitrogen and oxygen atoms in total. The summed E-state index contributed by atoms with van der Waals surface area (Å²) < 4.78 is 10.5. The smallest absolute Gasteiger partial charge is 0.315 e. The Labute approximate surface area is 177 Å². The molecule has 160 valence electrons. The zero-order chi connectivity index (χ0) is 21.7. The fourth-order valence-corrected chi connectivity index (χ4v) is 3.54.